The molecular weight excluding hydrogens is 206 g/mol. The predicted octanol–water partition coefficient (Wildman–Crippen LogP) is 0.792. The summed E-state index contributed by atoms with van der Waals surface area (Å²) in [5.74, 6) is 0. The highest BCUT2D eigenvalue weighted by molar-refractivity contribution is 4.84. The lowest BCUT2D eigenvalue weighted by molar-refractivity contribution is 0.0351. The molecule has 16 heavy (non-hydrogen) atoms. The molecule has 0 aromatic heterocycles. The number of rotatable bonds is 8. The molecule has 1 rings (SSSR count). The van der Waals surface area contributed by atoms with Gasteiger partial charge in [0.15, 0.2) is 0 Å². The average Bonchev–Trinajstić information content (AvgIpc) is 2.35. The van der Waals surface area contributed by atoms with Gasteiger partial charge in [0.05, 0.1) is 0 Å². The molecule has 0 saturated carbocycles. The van der Waals surface area contributed by atoms with Gasteiger partial charge in [-0.2, -0.15) is 0 Å². The van der Waals surface area contributed by atoms with Crippen LogP contribution in [0.1, 0.15) is 25.7 Å². The Morgan fingerprint density at radius 3 is 2.81 bits per heavy atom. The third-order valence-corrected chi connectivity index (χ3v) is 3.31. The SMILES string of the molecule is COCCCOCCC1(CO)CCCNC1. The van der Waals surface area contributed by atoms with Crippen LogP contribution < -0.4 is 5.32 Å². The van der Waals surface area contributed by atoms with Gasteiger partial charge in [-0.15, -0.1) is 0 Å². The summed E-state index contributed by atoms with van der Waals surface area (Å²) >= 11 is 0. The molecular formula is C12H25NO3. The molecule has 0 bridgehead atoms. The summed E-state index contributed by atoms with van der Waals surface area (Å²) in [4.78, 5) is 0. The van der Waals surface area contributed by atoms with E-state index < -0.39 is 0 Å². The van der Waals surface area contributed by atoms with Crippen LogP contribution in [0.3, 0.4) is 0 Å². The van der Waals surface area contributed by atoms with E-state index in [1.54, 1.807) is 7.11 Å². The molecule has 0 aromatic rings. The summed E-state index contributed by atoms with van der Waals surface area (Å²) in [6.07, 6.45) is 4.16. The molecule has 1 heterocycles. The summed E-state index contributed by atoms with van der Waals surface area (Å²) in [7, 11) is 1.70. The minimum absolute atomic E-state index is 0.0551. The molecule has 0 radical (unpaired) electrons. The molecule has 1 unspecified atom stereocenters. The van der Waals surface area contributed by atoms with E-state index in [1.807, 2.05) is 0 Å². The fourth-order valence-electron chi connectivity index (χ4n) is 2.15. The molecule has 1 aliphatic rings. The van der Waals surface area contributed by atoms with Crippen LogP contribution in [-0.4, -0.2) is 51.7 Å². The van der Waals surface area contributed by atoms with Crippen molar-refractivity contribution in [2.75, 3.05) is 46.6 Å². The number of hydrogen-bond acceptors (Lipinski definition) is 4. The van der Waals surface area contributed by atoms with Crippen molar-refractivity contribution in [1.82, 2.24) is 5.32 Å². The van der Waals surface area contributed by atoms with Crippen molar-refractivity contribution < 1.29 is 14.6 Å². The maximum atomic E-state index is 9.47. The van der Waals surface area contributed by atoms with Gasteiger partial charge in [-0.1, -0.05) is 0 Å². The molecule has 1 atom stereocenters. The van der Waals surface area contributed by atoms with Gasteiger partial charge in [-0.3, -0.25) is 0 Å². The average molecular weight is 231 g/mol. The Balaban J connectivity index is 2.08. The fourth-order valence-corrected chi connectivity index (χ4v) is 2.15. The second kappa shape index (κ2) is 8.01. The van der Waals surface area contributed by atoms with E-state index in [2.05, 4.69) is 5.32 Å². The Kier molecular flexibility index (Phi) is 6.96. The van der Waals surface area contributed by atoms with Crippen molar-refractivity contribution >= 4 is 0 Å². The number of aliphatic hydroxyl groups is 1. The van der Waals surface area contributed by atoms with E-state index in [4.69, 9.17) is 9.47 Å². The lowest BCUT2D eigenvalue weighted by Crippen LogP contribution is -2.43. The monoisotopic (exact) mass is 231 g/mol. The van der Waals surface area contributed by atoms with E-state index in [0.717, 1.165) is 58.6 Å². The smallest absolute Gasteiger partial charge is 0.0500 e. The molecule has 4 heteroatoms. The van der Waals surface area contributed by atoms with Gasteiger partial charge in [0, 0.05) is 45.5 Å². The van der Waals surface area contributed by atoms with Crippen LogP contribution in [0.25, 0.3) is 0 Å². The Hall–Kier alpha value is -0.160. The molecule has 0 spiro atoms. The summed E-state index contributed by atoms with van der Waals surface area (Å²) in [6.45, 7) is 4.52. The van der Waals surface area contributed by atoms with Gasteiger partial charge in [0.1, 0.15) is 0 Å². The van der Waals surface area contributed by atoms with Gasteiger partial charge in [0.25, 0.3) is 0 Å². The van der Waals surface area contributed by atoms with Crippen LogP contribution in [-0.2, 0) is 9.47 Å². The quantitative estimate of drug-likeness (QED) is 0.607. The highest BCUT2D eigenvalue weighted by atomic mass is 16.5. The topological polar surface area (TPSA) is 50.7 Å². The third-order valence-electron chi connectivity index (χ3n) is 3.31. The second-order valence-corrected chi connectivity index (χ2v) is 4.65. The molecule has 0 aromatic carbocycles. The standard InChI is InChI=1S/C12H25NO3/c1-15-7-3-8-16-9-5-12(11-14)4-2-6-13-10-12/h13-14H,2-11H2,1H3. The van der Waals surface area contributed by atoms with E-state index >= 15 is 0 Å². The van der Waals surface area contributed by atoms with Gasteiger partial charge in [-0.25, -0.2) is 0 Å². The first kappa shape index (κ1) is 13.9. The maximum Gasteiger partial charge on any atom is 0.0500 e. The van der Waals surface area contributed by atoms with E-state index in [-0.39, 0.29) is 12.0 Å². The molecule has 1 aliphatic heterocycles. The van der Waals surface area contributed by atoms with Crippen molar-refractivity contribution in [2.45, 2.75) is 25.7 Å². The summed E-state index contributed by atoms with van der Waals surface area (Å²) in [6, 6.07) is 0. The number of hydrogen-bond donors (Lipinski definition) is 2. The zero-order valence-corrected chi connectivity index (χ0v) is 10.3. The molecule has 0 aliphatic carbocycles. The van der Waals surface area contributed by atoms with E-state index in [1.165, 1.54) is 0 Å². The van der Waals surface area contributed by atoms with Crippen LogP contribution >= 0.6 is 0 Å². The lowest BCUT2D eigenvalue weighted by atomic mass is 9.79. The molecule has 4 nitrogen and oxygen atoms in total. The van der Waals surface area contributed by atoms with Gasteiger partial charge in [-0.05, 0) is 32.2 Å². The van der Waals surface area contributed by atoms with Crippen molar-refractivity contribution in [3.63, 3.8) is 0 Å². The maximum absolute atomic E-state index is 9.47. The second-order valence-electron chi connectivity index (χ2n) is 4.65. The molecule has 0 amide bonds. The van der Waals surface area contributed by atoms with Gasteiger partial charge < -0.3 is 19.9 Å². The molecule has 2 N–H and O–H groups in total. The molecule has 96 valence electrons. The van der Waals surface area contributed by atoms with Crippen LogP contribution in [0.2, 0.25) is 0 Å². The number of piperidine rings is 1. The lowest BCUT2D eigenvalue weighted by Gasteiger charge is -2.36. The predicted molar refractivity (Wildman–Crippen MR) is 63.6 cm³/mol. The summed E-state index contributed by atoms with van der Waals surface area (Å²) in [5, 5.41) is 12.8. The first-order chi connectivity index (χ1) is 7.83. The first-order valence-electron chi connectivity index (χ1n) is 6.21. The Labute approximate surface area is 98.3 Å². The zero-order chi connectivity index (χ0) is 11.7. The largest absolute Gasteiger partial charge is 0.396 e. The van der Waals surface area contributed by atoms with Gasteiger partial charge in [0.2, 0.25) is 0 Å². The Morgan fingerprint density at radius 1 is 1.31 bits per heavy atom. The van der Waals surface area contributed by atoms with Crippen molar-refractivity contribution in [2.24, 2.45) is 5.41 Å². The van der Waals surface area contributed by atoms with Crippen LogP contribution in [0.5, 0.6) is 0 Å². The van der Waals surface area contributed by atoms with Crippen LogP contribution in [0.15, 0.2) is 0 Å². The number of methoxy groups -OCH3 is 1. The first-order valence-corrected chi connectivity index (χ1v) is 6.21. The minimum atomic E-state index is 0.0551. The summed E-state index contributed by atoms with van der Waals surface area (Å²) in [5.41, 5.74) is 0.0551. The van der Waals surface area contributed by atoms with E-state index in [9.17, 15) is 5.11 Å². The Bertz CT molecular complexity index is 170. The highest BCUT2D eigenvalue weighted by Crippen LogP contribution is 2.29. The Morgan fingerprint density at radius 2 is 2.19 bits per heavy atom. The number of ether oxygens (including phenoxy) is 2. The minimum Gasteiger partial charge on any atom is -0.396 e. The highest BCUT2D eigenvalue weighted by Gasteiger charge is 2.30. The van der Waals surface area contributed by atoms with E-state index in [0.29, 0.717) is 0 Å². The van der Waals surface area contributed by atoms with Crippen LogP contribution in [0.4, 0.5) is 0 Å². The molecule has 1 fully saturated rings. The number of aliphatic hydroxyl groups excluding tert-OH is 1. The van der Waals surface area contributed by atoms with Crippen molar-refractivity contribution in [3.8, 4) is 0 Å². The van der Waals surface area contributed by atoms with Gasteiger partial charge >= 0.3 is 0 Å². The normalized spacial score (nSPS) is 25.9. The zero-order valence-electron chi connectivity index (χ0n) is 10.3. The van der Waals surface area contributed by atoms with Crippen LogP contribution in [0, 0.1) is 5.41 Å². The fraction of sp³-hybridized carbons (Fsp3) is 1.00. The summed E-state index contributed by atoms with van der Waals surface area (Å²) < 4.78 is 10.5. The third kappa shape index (κ3) is 4.78. The van der Waals surface area contributed by atoms with Crippen molar-refractivity contribution in [1.29, 1.82) is 0 Å². The molecule has 1 saturated heterocycles. The van der Waals surface area contributed by atoms with Crippen molar-refractivity contribution in [3.05, 3.63) is 0 Å². The number of nitrogens with one attached hydrogen (secondary N) is 1.